The third-order valence-electron chi connectivity index (χ3n) is 1.68. The zero-order valence-corrected chi connectivity index (χ0v) is 6.32. The SMILES string of the molecule is N#CCc1ccc2ncoc2c1. The molecule has 0 saturated carbocycles. The number of benzene rings is 1. The highest BCUT2D eigenvalue weighted by atomic mass is 16.3. The maximum Gasteiger partial charge on any atom is 0.181 e. The molecule has 3 heteroatoms. The molecule has 58 valence electrons. The Morgan fingerprint density at radius 3 is 3.25 bits per heavy atom. The molecule has 0 radical (unpaired) electrons. The Bertz CT molecular complexity index is 439. The van der Waals surface area contributed by atoms with Crippen LogP contribution in [0.5, 0.6) is 0 Å². The molecule has 0 spiro atoms. The normalized spacial score (nSPS) is 9.92. The number of aromatic nitrogens is 1. The number of oxazole rings is 1. The van der Waals surface area contributed by atoms with Crippen LogP contribution in [0.4, 0.5) is 0 Å². The van der Waals surface area contributed by atoms with Crippen LogP contribution in [-0.4, -0.2) is 4.98 Å². The summed E-state index contributed by atoms with van der Waals surface area (Å²) in [6.07, 6.45) is 1.82. The predicted octanol–water partition coefficient (Wildman–Crippen LogP) is 1.89. The lowest BCUT2D eigenvalue weighted by Gasteiger charge is -1.91. The summed E-state index contributed by atoms with van der Waals surface area (Å²) in [6.45, 7) is 0. The molecular weight excluding hydrogens is 152 g/mol. The van der Waals surface area contributed by atoms with Crippen LogP contribution in [0.15, 0.2) is 29.0 Å². The molecule has 0 bridgehead atoms. The van der Waals surface area contributed by atoms with Gasteiger partial charge in [-0.25, -0.2) is 4.98 Å². The van der Waals surface area contributed by atoms with E-state index in [4.69, 9.17) is 9.68 Å². The number of nitriles is 1. The zero-order chi connectivity index (χ0) is 8.39. The highest BCUT2D eigenvalue weighted by molar-refractivity contribution is 5.72. The van der Waals surface area contributed by atoms with E-state index < -0.39 is 0 Å². The van der Waals surface area contributed by atoms with Crippen molar-refractivity contribution in [3.63, 3.8) is 0 Å². The second kappa shape index (κ2) is 2.67. The summed E-state index contributed by atoms with van der Waals surface area (Å²) in [4.78, 5) is 3.97. The van der Waals surface area contributed by atoms with Crippen molar-refractivity contribution in [3.05, 3.63) is 30.2 Å². The van der Waals surface area contributed by atoms with Gasteiger partial charge in [-0.05, 0) is 17.7 Å². The first kappa shape index (κ1) is 6.86. The Hall–Kier alpha value is -1.82. The van der Waals surface area contributed by atoms with Crippen LogP contribution in [0.1, 0.15) is 5.56 Å². The average Bonchev–Trinajstić information content (AvgIpc) is 2.51. The van der Waals surface area contributed by atoms with Crippen molar-refractivity contribution in [2.24, 2.45) is 0 Å². The first-order valence-electron chi connectivity index (χ1n) is 3.59. The molecule has 2 rings (SSSR count). The summed E-state index contributed by atoms with van der Waals surface area (Å²) in [5, 5.41) is 8.45. The summed E-state index contributed by atoms with van der Waals surface area (Å²) in [5.74, 6) is 0. The molecule has 12 heavy (non-hydrogen) atoms. The summed E-state index contributed by atoms with van der Waals surface area (Å²) in [7, 11) is 0. The molecule has 0 amide bonds. The molecule has 2 aromatic rings. The van der Waals surface area contributed by atoms with Gasteiger partial charge in [0, 0.05) is 0 Å². The summed E-state index contributed by atoms with van der Waals surface area (Å²) in [6, 6.07) is 7.65. The largest absolute Gasteiger partial charge is 0.443 e. The molecule has 0 unspecified atom stereocenters. The average molecular weight is 158 g/mol. The number of nitrogens with zero attached hydrogens (tertiary/aromatic N) is 2. The van der Waals surface area contributed by atoms with Crippen LogP contribution in [0.2, 0.25) is 0 Å². The Labute approximate surface area is 69.2 Å². The van der Waals surface area contributed by atoms with Crippen LogP contribution in [0.3, 0.4) is 0 Å². The van der Waals surface area contributed by atoms with Gasteiger partial charge in [0.15, 0.2) is 12.0 Å². The van der Waals surface area contributed by atoms with Crippen molar-refractivity contribution < 1.29 is 4.42 Å². The summed E-state index contributed by atoms with van der Waals surface area (Å²) in [5.41, 5.74) is 2.53. The molecule has 1 aromatic carbocycles. The van der Waals surface area contributed by atoms with Crippen molar-refractivity contribution in [1.82, 2.24) is 4.98 Å². The molecular formula is C9H6N2O. The van der Waals surface area contributed by atoms with Gasteiger partial charge in [-0.1, -0.05) is 6.07 Å². The monoisotopic (exact) mass is 158 g/mol. The van der Waals surface area contributed by atoms with Crippen molar-refractivity contribution in [2.75, 3.05) is 0 Å². The Balaban J connectivity index is 2.54. The zero-order valence-electron chi connectivity index (χ0n) is 6.32. The van der Waals surface area contributed by atoms with E-state index in [9.17, 15) is 0 Å². The molecule has 0 fully saturated rings. The van der Waals surface area contributed by atoms with Crippen molar-refractivity contribution in [1.29, 1.82) is 5.26 Å². The molecule has 3 nitrogen and oxygen atoms in total. The van der Waals surface area contributed by atoms with Crippen LogP contribution < -0.4 is 0 Å². The van der Waals surface area contributed by atoms with Gasteiger partial charge in [0.1, 0.15) is 5.52 Å². The first-order chi connectivity index (χ1) is 5.90. The number of hydrogen-bond donors (Lipinski definition) is 0. The highest BCUT2D eigenvalue weighted by Crippen LogP contribution is 2.14. The minimum atomic E-state index is 0.413. The van der Waals surface area contributed by atoms with Gasteiger partial charge in [-0.3, -0.25) is 0 Å². The number of rotatable bonds is 1. The minimum Gasteiger partial charge on any atom is -0.443 e. The smallest absolute Gasteiger partial charge is 0.181 e. The fourth-order valence-corrected chi connectivity index (χ4v) is 1.10. The van der Waals surface area contributed by atoms with E-state index in [2.05, 4.69) is 11.1 Å². The van der Waals surface area contributed by atoms with Crippen LogP contribution in [-0.2, 0) is 6.42 Å². The van der Waals surface area contributed by atoms with Crippen molar-refractivity contribution in [2.45, 2.75) is 6.42 Å². The Morgan fingerprint density at radius 2 is 2.42 bits per heavy atom. The second-order valence-electron chi connectivity index (χ2n) is 2.49. The number of fused-ring (bicyclic) bond motifs is 1. The third-order valence-corrected chi connectivity index (χ3v) is 1.68. The molecule has 0 N–H and O–H groups in total. The molecule has 0 aliphatic heterocycles. The van der Waals surface area contributed by atoms with Gasteiger partial charge in [-0.15, -0.1) is 0 Å². The van der Waals surface area contributed by atoms with Gasteiger partial charge in [-0.2, -0.15) is 5.26 Å². The van der Waals surface area contributed by atoms with Gasteiger partial charge >= 0.3 is 0 Å². The molecule has 0 aliphatic rings. The van der Waals surface area contributed by atoms with E-state index in [-0.39, 0.29) is 0 Å². The first-order valence-corrected chi connectivity index (χ1v) is 3.59. The maximum absolute atomic E-state index is 8.45. The van der Waals surface area contributed by atoms with Crippen molar-refractivity contribution >= 4 is 11.1 Å². The van der Waals surface area contributed by atoms with E-state index >= 15 is 0 Å². The lowest BCUT2D eigenvalue weighted by molar-refractivity contribution is 0.602. The number of hydrogen-bond acceptors (Lipinski definition) is 3. The van der Waals surface area contributed by atoms with Crippen molar-refractivity contribution in [3.8, 4) is 6.07 Å². The van der Waals surface area contributed by atoms with E-state index in [1.807, 2.05) is 18.2 Å². The topological polar surface area (TPSA) is 49.8 Å². The van der Waals surface area contributed by atoms with Crippen LogP contribution in [0, 0.1) is 11.3 Å². The molecule has 0 saturated heterocycles. The predicted molar refractivity (Wildman–Crippen MR) is 43.3 cm³/mol. The standard InChI is InChI=1S/C9H6N2O/c10-4-3-7-1-2-8-9(5-7)12-6-11-8/h1-2,5-6H,3H2. The summed E-state index contributed by atoms with van der Waals surface area (Å²) >= 11 is 0. The van der Waals surface area contributed by atoms with E-state index in [0.29, 0.717) is 6.42 Å². The maximum atomic E-state index is 8.45. The van der Waals surface area contributed by atoms with Crippen LogP contribution >= 0.6 is 0 Å². The van der Waals surface area contributed by atoms with Crippen LogP contribution in [0.25, 0.3) is 11.1 Å². The Kier molecular flexibility index (Phi) is 1.52. The second-order valence-corrected chi connectivity index (χ2v) is 2.49. The van der Waals surface area contributed by atoms with E-state index in [1.54, 1.807) is 0 Å². The van der Waals surface area contributed by atoms with E-state index in [0.717, 1.165) is 16.7 Å². The van der Waals surface area contributed by atoms with Gasteiger partial charge in [0.2, 0.25) is 0 Å². The minimum absolute atomic E-state index is 0.413. The van der Waals surface area contributed by atoms with Gasteiger partial charge in [0.05, 0.1) is 12.5 Å². The molecule has 1 aromatic heterocycles. The molecule has 0 atom stereocenters. The lowest BCUT2D eigenvalue weighted by Crippen LogP contribution is -1.79. The highest BCUT2D eigenvalue weighted by Gasteiger charge is 1.98. The lowest BCUT2D eigenvalue weighted by atomic mass is 10.1. The summed E-state index contributed by atoms with van der Waals surface area (Å²) < 4.78 is 5.08. The van der Waals surface area contributed by atoms with E-state index in [1.165, 1.54) is 6.39 Å². The fraction of sp³-hybridized carbons (Fsp3) is 0.111. The Morgan fingerprint density at radius 1 is 1.50 bits per heavy atom. The van der Waals surface area contributed by atoms with Gasteiger partial charge in [0.25, 0.3) is 0 Å². The quantitative estimate of drug-likeness (QED) is 0.636. The third kappa shape index (κ3) is 1.04. The molecule has 1 heterocycles. The van der Waals surface area contributed by atoms with Gasteiger partial charge < -0.3 is 4.42 Å². The molecule has 0 aliphatic carbocycles. The fourth-order valence-electron chi connectivity index (χ4n) is 1.10.